The largest absolute Gasteiger partial charge is 0.382 e. The van der Waals surface area contributed by atoms with E-state index in [0.29, 0.717) is 5.82 Å². The lowest BCUT2D eigenvalue weighted by molar-refractivity contribution is 0.888. The smallest absolute Gasteiger partial charge is 0.152 e. The number of aryl methyl sites for hydroxylation is 2. The number of nitrogens with two attached hydrogens (primary N) is 1. The van der Waals surface area contributed by atoms with E-state index in [0.717, 1.165) is 27.8 Å². The van der Waals surface area contributed by atoms with Crippen molar-refractivity contribution < 1.29 is 1.43 Å². The van der Waals surface area contributed by atoms with Crippen LogP contribution in [0.5, 0.6) is 0 Å². The van der Waals surface area contributed by atoms with Gasteiger partial charge in [-0.1, -0.05) is 34.1 Å². The molecule has 2 heterocycles. The summed E-state index contributed by atoms with van der Waals surface area (Å²) in [5, 5.41) is 1.09. The molecule has 3 aromatic rings. The second kappa shape index (κ2) is 4.94. The van der Waals surface area contributed by atoms with E-state index >= 15 is 0 Å². The van der Waals surface area contributed by atoms with Crippen LogP contribution in [0.15, 0.2) is 24.3 Å². The van der Waals surface area contributed by atoms with Crippen molar-refractivity contribution in [3.8, 4) is 0 Å². The number of fused-ring (bicyclic) bond motifs is 3. The number of anilines is 1. The molecule has 0 spiro atoms. The molecule has 0 aliphatic rings. The summed E-state index contributed by atoms with van der Waals surface area (Å²) in [5.41, 5.74) is 8.68. The molecule has 0 fully saturated rings. The van der Waals surface area contributed by atoms with E-state index in [9.17, 15) is 0 Å². The maximum absolute atomic E-state index is 5.92. The third kappa shape index (κ3) is 1.84. The topological polar surface area (TPSA) is 56.7 Å². The van der Waals surface area contributed by atoms with Crippen molar-refractivity contribution in [1.29, 1.82) is 0 Å². The molecule has 2 aromatic heterocycles. The van der Waals surface area contributed by atoms with Gasteiger partial charge in [0.25, 0.3) is 0 Å². The Bertz CT molecular complexity index is 708. The fourth-order valence-electron chi connectivity index (χ4n) is 2.05. The molecule has 1 aromatic carbocycles. The van der Waals surface area contributed by atoms with Crippen molar-refractivity contribution in [3.63, 3.8) is 0 Å². The zero-order valence-electron chi connectivity index (χ0n) is 10.6. The van der Waals surface area contributed by atoms with E-state index in [2.05, 4.69) is 30.5 Å². The number of para-hydroxylation sites is 1. The summed E-state index contributed by atoms with van der Waals surface area (Å²) in [4.78, 5) is 8.80. The van der Waals surface area contributed by atoms with Gasteiger partial charge < -0.3 is 10.3 Å². The molecule has 0 unspecified atom stereocenters. The average Bonchev–Trinajstić information content (AvgIpc) is 2.70. The number of nitrogens with zero attached hydrogens (tertiary/aromatic N) is 3. The molecular formula is C13H17BrN4. The van der Waals surface area contributed by atoms with Gasteiger partial charge in [0.1, 0.15) is 11.3 Å². The standard InChI is InChI=1S/C12H12N4.CH3Br.H2/c1-7-14-10-11(16(7)2)8-5-3-4-6-9(8)15-12(10)13;1-2;/h3-6H,1-2H3,(H2,13,15);1H3;1H/i;;1+1. The van der Waals surface area contributed by atoms with Crippen molar-refractivity contribution in [1.82, 2.24) is 14.5 Å². The van der Waals surface area contributed by atoms with Gasteiger partial charge in [0.2, 0.25) is 0 Å². The molecule has 0 aliphatic heterocycles. The van der Waals surface area contributed by atoms with Crippen LogP contribution in [0.25, 0.3) is 21.9 Å². The SMILES string of the molecule is CBr.Cc1nc2c(N)nc3ccccc3c2n1C.[2HH]. The Kier molecular flexibility index (Phi) is 3.52. The van der Waals surface area contributed by atoms with Gasteiger partial charge in [-0.15, -0.1) is 0 Å². The molecule has 0 radical (unpaired) electrons. The normalized spacial score (nSPS) is 10.4. The third-order valence-electron chi connectivity index (χ3n) is 2.96. The van der Waals surface area contributed by atoms with Gasteiger partial charge in [0, 0.05) is 13.9 Å². The molecule has 0 amide bonds. The summed E-state index contributed by atoms with van der Waals surface area (Å²) in [5.74, 6) is 3.25. The number of imidazole rings is 1. The van der Waals surface area contributed by atoms with Crippen LogP contribution >= 0.6 is 15.9 Å². The minimum Gasteiger partial charge on any atom is -0.382 e. The van der Waals surface area contributed by atoms with E-state index in [4.69, 9.17) is 5.73 Å². The molecule has 3 rings (SSSR count). The summed E-state index contributed by atoms with van der Waals surface area (Å²) in [7, 11) is 2.00. The van der Waals surface area contributed by atoms with Crippen LogP contribution in [0.3, 0.4) is 0 Å². The predicted octanol–water partition coefficient (Wildman–Crippen LogP) is 3.27. The summed E-state index contributed by atoms with van der Waals surface area (Å²) in [6.07, 6.45) is 0. The van der Waals surface area contributed by atoms with E-state index in [1.165, 1.54) is 0 Å². The Morgan fingerprint density at radius 3 is 2.61 bits per heavy atom. The Balaban J connectivity index is 0.000000576. The minimum absolute atomic E-state index is 0. The highest BCUT2D eigenvalue weighted by molar-refractivity contribution is 9.08. The van der Waals surface area contributed by atoms with Crippen LogP contribution in [-0.4, -0.2) is 20.4 Å². The van der Waals surface area contributed by atoms with Gasteiger partial charge in [-0.05, 0) is 18.8 Å². The third-order valence-corrected chi connectivity index (χ3v) is 2.96. The monoisotopic (exact) mass is 309 g/mol. The van der Waals surface area contributed by atoms with Crippen LogP contribution in [0.1, 0.15) is 7.25 Å². The Morgan fingerprint density at radius 1 is 1.22 bits per heavy atom. The lowest BCUT2D eigenvalue weighted by Crippen LogP contribution is -1.95. The maximum atomic E-state index is 5.92. The average molecular weight is 310 g/mol. The first-order valence-electron chi connectivity index (χ1n) is 5.53. The van der Waals surface area contributed by atoms with Crippen LogP contribution < -0.4 is 5.73 Å². The van der Waals surface area contributed by atoms with E-state index in [1.807, 2.05) is 44.1 Å². The number of hydrogen-bond donors (Lipinski definition) is 1. The number of hydrogen-bond acceptors (Lipinski definition) is 3. The number of nitrogen functional groups attached to an aromatic ring is 1. The molecule has 0 atom stereocenters. The Labute approximate surface area is 115 Å². The Hall–Kier alpha value is -1.62. The predicted molar refractivity (Wildman–Crippen MR) is 82.1 cm³/mol. The number of aromatic nitrogens is 3. The van der Waals surface area contributed by atoms with Gasteiger partial charge in [-0.2, -0.15) is 0 Å². The van der Waals surface area contributed by atoms with Crippen LogP contribution in [0, 0.1) is 6.92 Å². The lowest BCUT2D eigenvalue weighted by Gasteiger charge is -2.03. The van der Waals surface area contributed by atoms with Crippen molar-refractivity contribution in [2.75, 3.05) is 11.6 Å². The molecule has 18 heavy (non-hydrogen) atoms. The molecule has 0 saturated heterocycles. The van der Waals surface area contributed by atoms with Gasteiger partial charge >= 0.3 is 0 Å². The van der Waals surface area contributed by atoms with Gasteiger partial charge in [0.05, 0.1) is 11.0 Å². The molecule has 4 nitrogen and oxygen atoms in total. The number of benzene rings is 1. The van der Waals surface area contributed by atoms with Gasteiger partial charge in [-0.25, -0.2) is 9.97 Å². The molecule has 96 valence electrons. The quantitative estimate of drug-likeness (QED) is 0.648. The zero-order chi connectivity index (χ0) is 13.3. The van der Waals surface area contributed by atoms with Gasteiger partial charge in [0.15, 0.2) is 5.82 Å². The number of halogens is 1. The molecule has 0 bridgehead atoms. The maximum Gasteiger partial charge on any atom is 0.152 e. The van der Waals surface area contributed by atoms with Crippen molar-refractivity contribution in [2.45, 2.75) is 6.92 Å². The van der Waals surface area contributed by atoms with E-state index in [-0.39, 0.29) is 1.43 Å². The number of pyridine rings is 1. The lowest BCUT2D eigenvalue weighted by atomic mass is 10.2. The highest BCUT2D eigenvalue weighted by atomic mass is 79.9. The molecule has 5 heteroatoms. The highest BCUT2D eigenvalue weighted by Gasteiger charge is 2.12. The molecular weight excluding hydrogens is 292 g/mol. The second-order valence-corrected chi connectivity index (χ2v) is 3.93. The van der Waals surface area contributed by atoms with E-state index in [1.54, 1.807) is 0 Å². The van der Waals surface area contributed by atoms with E-state index < -0.39 is 0 Å². The zero-order valence-corrected chi connectivity index (χ0v) is 12.2. The highest BCUT2D eigenvalue weighted by Crippen LogP contribution is 2.27. The molecule has 0 aliphatic carbocycles. The first-order valence-corrected chi connectivity index (χ1v) is 7.12. The summed E-state index contributed by atoms with van der Waals surface area (Å²) in [6.45, 7) is 1.97. The Morgan fingerprint density at radius 2 is 1.89 bits per heavy atom. The van der Waals surface area contributed by atoms with Crippen molar-refractivity contribution in [2.24, 2.45) is 7.05 Å². The summed E-state index contributed by atoms with van der Waals surface area (Å²) < 4.78 is 2.05. The summed E-state index contributed by atoms with van der Waals surface area (Å²) in [6, 6.07) is 7.98. The van der Waals surface area contributed by atoms with Crippen LogP contribution in [0.2, 0.25) is 0 Å². The second-order valence-electron chi connectivity index (χ2n) is 3.93. The minimum atomic E-state index is 0. The van der Waals surface area contributed by atoms with Crippen LogP contribution in [-0.2, 0) is 7.05 Å². The van der Waals surface area contributed by atoms with Crippen molar-refractivity contribution in [3.05, 3.63) is 30.1 Å². The number of alkyl halides is 1. The molecule has 2 N–H and O–H groups in total. The fraction of sp³-hybridized carbons (Fsp3) is 0.231. The van der Waals surface area contributed by atoms with Crippen molar-refractivity contribution >= 4 is 43.7 Å². The first-order chi connectivity index (χ1) is 8.68. The fourth-order valence-corrected chi connectivity index (χ4v) is 2.05. The molecule has 0 saturated carbocycles. The van der Waals surface area contributed by atoms with Gasteiger partial charge in [-0.3, -0.25) is 0 Å². The van der Waals surface area contributed by atoms with Crippen LogP contribution in [0.4, 0.5) is 5.82 Å². The first kappa shape index (κ1) is 12.8. The number of rotatable bonds is 0. The summed E-state index contributed by atoms with van der Waals surface area (Å²) >= 11 is 2.94.